The van der Waals surface area contributed by atoms with Gasteiger partial charge in [0, 0.05) is 61.2 Å². The second-order valence-electron chi connectivity index (χ2n) is 6.42. The second kappa shape index (κ2) is 6.86. The lowest BCUT2D eigenvalue weighted by Gasteiger charge is -2.27. The summed E-state index contributed by atoms with van der Waals surface area (Å²) in [5.74, 6) is 0. The van der Waals surface area contributed by atoms with Crippen molar-refractivity contribution in [1.29, 1.82) is 0 Å². The molecule has 1 aliphatic rings. The number of sulfone groups is 1. The van der Waals surface area contributed by atoms with E-state index in [2.05, 4.69) is 43.4 Å². The first-order chi connectivity index (χ1) is 12.5. The van der Waals surface area contributed by atoms with E-state index in [0.29, 0.717) is 6.54 Å². The monoisotopic (exact) mass is 386 g/mol. The van der Waals surface area contributed by atoms with Crippen molar-refractivity contribution in [2.45, 2.75) is 24.7 Å². The van der Waals surface area contributed by atoms with Gasteiger partial charge in [0.1, 0.15) is 0 Å². The summed E-state index contributed by atoms with van der Waals surface area (Å²) in [6, 6.07) is 6.23. The average Bonchev–Trinajstić information content (AvgIpc) is 3.16. The second-order valence-corrected chi connectivity index (χ2v) is 9.11. The van der Waals surface area contributed by atoms with Crippen molar-refractivity contribution < 1.29 is 8.42 Å². The molecule has 4 heterocycles. The predicted molar refractivity (Wildman–Crippen MR) is 101 cm³/mol. The van der Waals surface area contributed by atoms with Gasteiger partial charge in [0.25, 0.3) is 0 Å². The van der Waals surface area contributed by atoms with Gasteiger partial charge < -0.3 is 0 Å². The highest BCUT2D eigenvalue weighted by atomic mass is 32.2. The van der Waals surface area contributed by atoms with Gasteiger partial charge in [0.2, 0.25) is 15.0 Å². The Bertz CT molecular complexity index is 1020. The first-order valence-electron chi connectivity index (χ1n) is 8.24. The molecule has 0 unspecified atom stereocenters. The lowest BCUT2D eigenvalue weighted by atomic mass is 10.1. The molecular weight excluding hydrogens is 368 g/mol. The fourth-order valence-corrected chi connectivity index (χ4v) is 4.20. The van der Waals surface area contributed by atoms with Gasteiger partial charge in [-0.05, 0) is 23.1 Å². The lowest BCUT2D eigenvalue weighted by Crippen LogP contribution is -2.31. The van der Waals surface area contributed by atoms with Crippen LogP contribution in [0.15, 0.2) is 46.5 Å². The summed E-state index contributed by atoms with van der Waals surface area (Å²) in [7, 11) is -3.36. The maximum absolute atomic E-state index is 11.6. The van der Waals surface area contributed by atoms with Crippen molar-refractivity contribution in [3.05, 3.63) is 58.2 Å². The summed E-state index contributed by atoms with van der Waals surface area (Å²) in [5, 5.41) is 4.06. The Balaban J connectivity index is 1.46. The van der Waals surface area contributed by atoms with Crippen LogP contribution < -0.4 is 0 Å². The third-order valence-corrected chi connectivity index (χ3v) is 5.91. The number of aromatic nitrogens is 3. The molecule has 0 saturated heterocycles. The third-order valence-electron chi connectivity index (χ3n) is 4.37. The van der Waals surface area contributed by atoms with Crippen molar-refractivity contribution in [2.24, 2.45) is 0 Å². The van der Waals surface area contributed by atoms with Crippen LogP contribution in [0.1, 0.15) is 16.8 Å². The van der Waals surface area contributed by atoms with E-state index in [9.17, 15) is 8.42 Å². The SMILES string of the molecule is CS(=O)(=O)c1ncc2c(n1)CCN(Cc1ccc(-c3ccsc3)nc1)C2. The van der Waals surface area contributed by atoms with E-state index in [4.69, 9.17) is 0 Å². The summed E-state index contributed by atoms with van der Waals surface area (Å²) in [5.41, 5.74) is 5.11. The van der Waals surface area contributed by atoms with Gasteiger partial charge in [-0.25, -0.2) is 18.4 Å². The van der Waals surface area contributed by atoms with E-state index in [-0.39, 0.29) is 5.16 Å². The van der Waals surface area contributed by atoms with Crippen LogP contribution in [0.2, 0.25) is 0 Å². The van der Waals surface area contributed by atoms with Crippen LogP contribution >= 0.6 is 11.3 Å². The number of hydrogen-bond acceptors (Lipinski definition) is 7. The fourth-order valence-electron chi connectivity index (χ4n) is 3.03. The molecule has 134 valence electrons. The lowest BCUT2D eigenvalue weighted by molar-refractivity contribution is 0.242. The highest BCUT2D eigenvalue weighted by Gasteiger charge is 2.21. The van der Waals surface area contributed by atoms with Crippen LogP contribution in [0, 0.1) is 0 Å². The van der Waals surface area contributed by atoms with Crippen molar-refractivity contribution in [1.82, 2.24) is 19.9 Å². The number of hydrogen-bond donors (Lipinski definition) is 0. The van der Waals surface area contributed by atoms with Crippen LogP contribution in [-0.4, -0.2) is 41.1 Å². The Hall–Kier alpha value is -2.16. The summed E-state index contributed by atoms with van der Waals surface area (Å²) < 4.78 is 23.2. The highest BCUT2D eigenvalue weighted by molar-refractivity contribution is 7.90. The molecule has 0 aliphatic carbocycles. The van der Waals surface area contributed by atoms with Gasteiger partial charge in [-0.15, -0.1) is 0 Å². The largest absolute Gasteiger partial charge is 0.294 e. The molecule has 0 amide bonds. The highest BCUT2D eigenvalue weighted by Crippen LogP contribution is 2.22. The molecule has 0 N–H and O–H groups in total. The standard InChI is InChI=1S/C18H18N4O2S2/c1-26(23,24)18-20-9-15-11-22(6-4-17(15)21-18)10-13-2-3-16(19-8-13)14-5-7-25-12-14/h2-3,5,7-9,12H,4,6,10-11H2,1H3. The maximum atomic E-state index is 11.6. The Morgan fingerprint density at radius 3 is 2.77 bits per heavy atom. The number of pyridine rings is 1. The van der Waals surface area contributed by atoms with Gasteiger partial charge in [0.05, 0.1) is 11.4 Å². The normalized spacial score (nSPS) is 15.0. The molecule has 26 heavy (non-hydrogen) atoms. The zero-order chi connectivity index (χ0) is 18.1. The molecular formula is C18H18N4O2S2. The first-order valence-corrected chi connectivity index (χ1v) is 11.1. The molecule has 0 fully saturated rings. The number of thiophene rings is 1. The van der Waals surface area contributed by atoms with Crippen LogP contribution in [0.5, 0.6) is 0 Å². The smallest absolute Gasteiger partial charge is 0.246 e. The molecule has 0 atom stereocenters. The van der Waals surface area contributed by atoms with E-state index < -0.39 is 9.84 Å². The van der Waals surface area contributed by atoms with E-state index in [1.807, 2.05) is 11.6 Å². The van der Waals surface area contributed by atoms with E-state index >= 15 is 0 Å². The minimum absolute atomic E-state index is 0.0853. The van der Waals surface area contributed by atoms with Crippen molar-refractivity contribution in [2.75, 3.05) is 12.8 Å². The Kier molecular flexibility index (Phi) is 4.56. The zero-order valence-electron chi connectivity index (χ0n) is 14.3. The Labute approximate surface area is 156 Å². The number of fused-ring (bicyclic) bond motifs is 1. The van der Waals surface area contributed by atoms with E-state index in [1.165, 1.54) is 0 Å². The van der Waals surface area contributed by atoms with Gasteiger partial charge in [-0.2, -0.15) is 11.3 Å². The molecule has 0 bridgehead atoms. The summed E-state index contributed by atoms with van der Waals surface area (Å²) >= 11 is 1.67. The molecule has 1 aliphatic heterocycles. The average molecular weight is 387 g/mol. The van der Waals surface area contributed by atoms with Crippen LogP contribution in [0.25, 0.3) is 11.3 Å². The Morgan fingerprint density at radius 1 is 1.19 bits per heavy atom. The minimum Gasteiger partial charge on any atom is -0.294 e. The molecule has 6 nitrogen and oxygen atoms in total. The number of nitrogens with zero attached hydrogens (tertiary/aromatic N) is 4. The molecule has 3 aromatic heterocycles. The molecule has 0 radical (unpaired) electrons. The zero-order valence-corrected chi connectivity index (χ0v) is 15.9. The molecule has 3 aromatic rings. The fraction of sp³-hybridized carbons (Fsp3) is 0.278. The maximum Gasteiger partial charge on any atom is 0.246 e. The summed E-state index contributed by atoms with van der Waals surface area (Å²) in [4.78, 5) is 15.1. The molecule has 0 saturated carbocycles. The third kappa shape index (κ3) is 3.67. The number of rotatable bonds is 4. The van der Waals surface area contributed by atoms with Crippen molar-refractivity contribution >= 4 is 21.2 Å². The quantitative estimate of drug-likeness (QED) is 0.642. The predicted octanol–water partition coefficient (Wildman–Crippen LogP) is 2.56. The van der Waals surface area contributed by atoms with Gasteiger partial charge in [0.15, 0.2) is 0 Å². The van der Waals surface area contributed by atoms with Gasteiger partial charge in [-0.1, -0.05) is 6.07 Å². The van der Waals surface area contributed by atoms with Gasteiger partial charge >= 0.3 is 0 Å². The van der Waals surface area contributed by atoms with Crippen LogP contribution in [-0.2, 0) is 29.3 Å². The van der Waals surface area contributed by atoms with Gasteiger partial charge in [-0.3, -0.25) is 9.88 Å². The Morgan fingerprint density at radius 2 is 2.08 bits per heavy atom. The van der Waals surface area contributed by atoms with Crippen molar-refractivity contribution in [3.8, 4) is 11.3 Å². The topological polar surface area (TPSA) is 76.1 Å². The molecule has 8 heteroatoms. The summed E-state index contributed by atoms with van der Waals surface area (Å²) in [6.45, 7) is 2.34. The molecule has 0 aromatic carbocycles. The first kappa shape index (κ1) is 17.3. The summed E-state index contributed by atoms with van der Waals surface area (Å²) in [6.07, 6.45) is 5.42. The van der Waals surface area contributed by atoms with Crippen LogP contribution in [0.4, 0.5) is 0 Å². The van der Waals surface area contributed by atoms with Crippen LogP contribution in [0.3, 0.4) is 0 Å². The minimum atomic E-state index is -3.36. The molecule has 4 rings (SSSR count). The van der Waals surface area contributed by atoms with E-state index in [0.717, 1.165) is 53.8 Å². The molecule has 0 spiro atoms. The van der Waals surface area contributed by atoms with E-state index in [1.54, 1.807) is 17.5 Å². The van der Waals surface area contributed by atoms with Crippen molar-refractivity contribution in [3.63, 3.8) is 0 Å².